The van der Waals surface area contributed by atoms with Gasteiger partial charge in [-0.3, -0.25) is 4.68 Å². The van der Waals surface area contributed by atoms with Gasteiger partial charge in [0.05, 0.1) is 0 Å². The fourth-order valence-corrected chi connectivity index (χ4v) is 1.90. The molecular weight excluding hydrogens is 182 g/mol. The molecule has 5 heteroatoms. The molecule has 0 amide bonds. The molecule has 1 fully saturated rings. The van der Waals surface area contributed by atoms with Gasteiger partial charge in [0, 0.05) is 14.2 Å². The molecule has 1 aromatic rings. The summed E-state index contributed by atoms with van der Waals surface area (Å²) in [6.07, 6.45) is 3.65. The molecule has 5 nitrogen and oxygen atoms in total. The molecule has 1 aromatic heterocycles. The Bertz CT molecular complexity index is 314. The Morgan fingerprint density at radius 1 is 1.64 bits per heavy atom. The topological polar surface area (TPSA) is 60.2 Å². The summed E-state index contributed by atoms with van der Waals surface area (Å²) in [5, 5.41) is 14.0. The van der Waals surface area contributed by atoms with Crippen molar-refractivity contribution in [3.05, 3.63) is 12.2 Å². The second-order valence-electron chi connectivity index (χ2n) is 3.77. The summed E-state index contributed by atoms with van der Waals surface area (Å²) in [5.41, 5.74) is -0.430. The standard InChI is InChI=1S/C9H15N3O2/c1-12-8(10-6-11-12)7(13)9(14-2)4-3-5-9/h6-7,13H,3-5H2,1-2H3. The van der Waals surface area contributed by atoms with Crippen molar-refractivity contribution in [3.63, 3.8) is 0 Å². The Hall–Kier alpha value is -0.940. The average Bonchev–Trinajstić information content (AvgIpc) is 2.50. The van der Waals surface area contributed by atoms with Gasteiger partial charge >= 0.3 is 0 Å². The minimum atomic E-state index is -0.672. The van der Waals surface area contributed by atoms with E-state index in [1.807, 2.05) is 0 Å². The zero-order chi connectivity index (χ0) is 10.2. The van der Waals surface area contributed by atoms with E-state index >= 15 is 0 Å². The molecule has 1 saturated carbocycles. The third-order valence-corrected chi connectivity index (χ3v) is 3.10. The van der Waals surface area contributed by atoms with Gasteiger partial charge in [-0.1, -0.05) is 0 Å². The lowest BCUT2D eigenvalue weighted by molar-refractivity contribution is -0.155. The van der Waals surface area contributed by atoms with Crippen molar-refractivity contribution in [2.45, 2.75) is 31.0 Å². The quantitative estimate of drug-likeness (QED) is 0.762. The van der Waals surface area contributed by atoms with Crippen LogP contribution in [-0.2, 0) is 11.8 Å². The van der Waals surface area contributed by atoms with Crippen molar-refractivity contribution in [2.24, 2.45) is 7.05 Å². The van der Waals surface area contributed by atoms with Crippen LogP contribution >= 0.6 is 0 Å². The Labute approximate surface area is 82.7 Å². The Morgan fingerprint density at radius 2 is 2.36 bits per heavy atom. The fraction of sp³-hybridized carbons (Fsp3) is 0.778. The van der Waals surface area contributed by atoms with Crippen LogP contribution in [0.25, 0.3) is 0 Å². The van der Waals surface area contributed by atoms with E-state index in [0.29, 0.717) is 5.82 Å². The Balaban J connectivity index is 2.22. The van der Waals surface area contributed by atoms with Crippen LogP contribution in [-0.4, -0.2) is 32.6 Å². The van der Waals surface area contributed by atoms with Gasteiger partial charge in [-0.05, 0) is 19.3 Å². The minimum absolute atomic E-state index is 0.430. The maximum Gasteiger partial charge on any atom is 0.158 e. The number of hydrogen-bond donors (Lipinski definition) is 1. The summed E-state index contributed by atoms with van der Waals surface area (Å²) in [6, 6.07) is 0. The summed E-state index contributed by atoms with van der Waals surface area (Å²) < 4.78 is 6.97. The van der Waals surface area contributed by atoms with Gasteiger partial charge in [0.25, 0.3) is 0 Å². The SMILES string of the molecule is COC1(C(O)c2ncnn2C)CCC1. The average molecular weight is 197 g/mol. The summed E-state index contributed by atoms with van der Waals surface area (Å²) in [4.78, 5) is 4.03. The predicted molar refractivity (Wildman–Crippen MR) is 49.6 cm³/mol. The summed E-state index contributed by atoms with van der Waals surface area (Å²) in [5.74, 6) is 0.576. The highest BCUT2D eigenvalue weighted by molar-refractivity contribution is 5.05. The maximum absolute atomic E-state index is 10.1. The first kappa shape index (κ1) is 9.61. The normalized spacial score (nSPS) is 21.6. The molecule has 1 atom stereocenters. The summed E-state index contributed by atoms with van der Waals surface area (Å²) in [7, 11) is 3.41. The molecule has 0 saturated heterocycles. The van der Waals surface area contributed by atoms with E-state index in [0.717, 1.165) is 19.3 Å². The molecule has 0 spiro atoms. The van der Waals surface area contributed by atoms with Gasteiger partial charge in [-0.25, -0.2) is 4.98 Å². The number of aromatic nitrogens is 3. The molecule has 1 unspecified atom stereocenters. The minimum Gasteiger partial charge on any atom is -0.382 e. The third-order valence-electron chi connectivity index (χ3n) is 3.10. The second-order valence-corrected chi connectivity index (χ2v) is 3.77. The molecule has 2 rings (SSSR count). The van der Waals surface area contributed by atoms with Gasteiger partial charge in [-0.15, -0.1) is 0 Å². The molecule has 14 heavy (non-hydrogen) atoms. The van der Waals surface area contributed by atoms with Crippen LogP contribution in [0.3, 0.4) is 0 Å². The van der Waals surface area contributed by atoms with Crippen molar-refractivity contribution in [1.29, 1.82) is 0 Å². The lowest BCUT2D eigenvalue weighted by Crippen LogP contribution is -2.45. The van der Waals surface area contributed by atoms with Crippen LogP contribution in [0.5, 0.6) is 0 Å². The van der Waals surface area contributed by atoms with Crippen LogP contribution in [0.2, 0.25) is 0 Å². The van der Waals surface area contributed by atoms with Gasteiger partial charge in [0.15, 0.2) is 5.82 Å². The van der Waals surface area contributed by atoms with Gasteiger partial charge < -0.3 is 9.84 Å². The molecule has 1 N–H and O–H groups in total. The number of hydrogen-bond acceptors (Lipinski definition) is 4. The molecule has 1 aliphatic rings. The zero-order valence-corrected chi connectivity index (χ0v) is 8.47. The largest absolute Gasteiger partial charge is 0.382 e. The highest BCUT2D eigenvalue weighted by Gasteiger charge is 2.46. The van der Waals surface area contributed by atoms with Crippen molar-refractivity contribution in [1.82, 2.24) is 14.8 Å². The van der Waals surface area contributed by atoms with Crippen LogP contribution in [0.15, 0.2) is 6.33 Å². The third kappa shape index (κ3) is 1.24. The fourth-order valence-electron chi connectivity index (χ4n) is 1.90. The van der Waals surface area contributed by atoms with Crippen molar-refractivity contribution < 1.29 is 9.84 Å². The molecule has 0 radical (unpaired) electrons. The lowest BCUT2D eigenvalue weighted by Gasteiger charge is -2.43. The highest BCUT2D eigenvalue weighted by Crippen LogP contribution is 2.44. The Kier molecular flexibility index (Phi) is 2.28. The van der Waals surface area contributed by atoms with Crippen molar-refractivity contribution in [3.8, 4) is 0 Å². The molecule has 0 aromatic carbocycles. The van der Waals surface area contributed by atoms with E-state index < -0.39 is 11.7 Å². The van der Waals surface area contributed by atoms with Gasteiger partial charge in [0.1, 0.15) is 18.0 Å². The number of nitrogens with zero attached hydrogens (tertiary/aromatic N) is 3. The monoisotopic (exact) mass is 197 g/mol. The predicted octanol–water partition coefficient (Wildman–Crippen LogP) is 0.418. The molecule has 0 aliphatic heterocycles. The lowest BCUT2D eigenvalue weighted by atomic mass is 9.75. The molecular formula is C9H15N3O2. The van der Waals surface area contributed by atoms with Crippen LogP contribution in [0.1, 0.15) is 31.2 Å². The molecule has 1 aliphatic carbocycles. The van der Waals surface area contributed by atoms with Crippen LogP contribution < -0.4 is 0 Å². The smallest absolute Gasteiger partial charge is 0.158 e. The van der Waals surface area contributed by atoms with E-state index in [2.05, 4.69) is 10.1 Å². The van der Waals surface area contributed by atoms with E-state index in [1.54, 1.807) is 18.8 Å². The number of ether oxygens (including phenoxy) is 1. The molecule has 78 valence electrons. The number of methoxy groups -OCH3 is 1. The van der Waals surface area contributed by atoms with E-state index in [-0.39, 0.29) is 0 Å². The number of aryl methyl sites for hydroxylation is 1. The first-order valence-electron chi connectivity index (χ1n) is 4.77. The maximum atomic E-state index is 10.1. The van der Waals surface area contributed by atoms with E-state index in [9.17, 15) is 5.11 Å². The van der Waals surface area contributed by atoms with E-state index in [4.69, 9.17) is 4.74 Å². The van der Waals surface area contributed by atoms with Crippen LogP contribution in [0.4, 0.5) is 0 Å². The molecule has 0 bridgehead atoms. The number of rotatable bonds is 3. The first-order chi connectivity index (χ1) is 6.69. The van der Waals surface area contributed by atoms with Gasteiger partial charge in [0.2, 0.25) is 0 Å². The Morgan fingerprint density at radius 3 is 2.71 bits per heavy atom. The van der Waals surface area contributed by atoms with E-state index in [1.165, 1.54) is 6.33 Å². The first-order valence-corrected chi connectivity index (χ1v) is 4.77. The van der Waals surface area contributed by atoms with Crippen LogP contribution in [0, 0.1) is 0 Å². The number of aliphatic hydroxyl groups is 1. The second kappa shape index (κ2) is 3.33. The van der Waals surface area contributed by atoms with Crippen molar-refractivity contribution in [2.75, 3.05) is 7.11 Å². The highest BCUT2D eigenvalue weighted by atomic mass is 16.5. The van der Waals surface area contributed by atoms with Gasteiger partial charge in [-0.2, -0.15) is 5.10 Å². The summed E-state index contributed by atoms with van der Waals surface area (Å²) in [6.45, 7) is 0. The molecule has 1 heterocycles. The zero-order valence-electron chi connectivity index (χ0n) is 8.47. The number of aliphatic hydroxyl groups excluding tert-OH is 1. The summed E-state index contributed by atoms with van der Waals surface area (Å²) >= 11 is 0. The van der Waals surface area contributed by atoms with Crippen molar-refractivity contribution >= 4 is 0 Å².